The first-order valence-corrected chi connectivity index (χ1v) is 8.91. The maximum Gasteiger partial charge on any atom is 0.251 e. The van der Waals surface area contributed by atoms with E-state index in [0.29, 0.717) is 18.0 Å². The Hall–Kier alpha value is -1.40. The maximum absolute atomic E-state index is 12.2. The molecule has 0 radical (unpaired) electrons. The summed E-state index contributed by atoms with van der Waals surface area (Å²) >= 11 is 0. The average Bonchev–Trinajstić information content (AvgIpc) is 3.31. The number of carbonyl (C=O) groups excluding carboxylic acids is 1. The van der Waals surface area contributed by atoms with Crippen LogP contribution in [0.2, 0.25) is 0 Å². The standard InChI is InChI=1S/C15H20N2O3S/c16-21(19,20)13-3-1-2-12(8-13)15(18)17-9-14(10-4-5-10)11-6-7-11/h1-3,8,10-11,14H,4-7,9H2,(H,17,18)(H2,16,19,20). The Morgan fingerprint density at radius 1 is 1.24 bits per heavy atom. The number of amides is 1. The Morgan fingerprint density at radius 2 is 1.86 bits per heavy atom. The minimum Gasteiger partial charge on any atom is -0.352 e. The highest BCUT2D eigenvalue weighted by Gasteiger charge is 2.41. The predicted molar refractivity (Wildman–Crippen MR) is 79.1 cm³/mol. The normalized spacial score (nSPS) is 18.8. The molecule has 1 amide bonds. The molecule has 0 bridgehead atoms. The Balaban J connectivity index is 1.65. The maximum atomic E-state index is 12.2. The molecule has 3 rings (SSSR count). The molecular formula is C15H20N2O3S. The lowest BCUT2D eigenvalue weighted by Gasteiger charge is -2.16. The number of sulfonamides is 1. The molecule has 2 aliphatic rings. The minimum absolute atomic E-state index is 0.0314. The van der Waals surface area contributed by atoms with Crippen molar-refractivity contribution in [1.29, 1.82) is 0 Å². The first-order chi connectivity index (χ1) is 9.95. The molecule has 2 fully saturated rings. The third kappa shape index (κ3) is 3.63. The smallest absolute Gasteiger partial charge is 0.251 e. The number of hydrogen-bond acceptors (Lipinski definition) is 3. The van der Waals surface area contributed by atoms with Gasteiger partial charge in [-0.3, -0.25) is 4.79 Å². The largest absolute Gasteiger partial charge is 0.352 e. The molecule has 0 atom stereocenters. The SMILES string of the molecule is NS(=O)(=O)c1cccc(C(=O)NCC(C2CC2)C2CC2)c1. The van der Waals surface area contributed by atoms with Crippen LogP contribution in [0.3, 0.4) is 0 Å². The summed E-state index contributed by atoms with van der Waals surface area (Å²) in [5, 5.41) is 8.03. The molecule has 0 heterocycles. The summed E-state index contributed by atoms with van der Waals surface area (Å²) in [7, 11) is -3.78. The Bertz CT molecular complexity index is 637. The van der Waals surface area contributed by atoms with Gasteiger partial charge in [-0.1, -0.05) is 6.07 Å². The van der Waals surface area contributed by atoms with E-state index < -0.39 is 10.0 Å². The Labute approximate surface area is 125 Å². The third-order valence-corrected chi connectivity index (χ3v) is 5.29. The van der Waals surface area contributed by atoms with E-state index >= 15 is 0 Å². The van der Waals surface area contributed by atoms with Gasteiger partial charge in [0.25, 0.3) is 5.91 Å². The van der Waals surface area contributed by atoms with Crippen LogP contribution in [0.15, 0.2) is 29.2 Å². The number of rotatable bonds is 6. The van der Waals surface area contributed by atoms with Crippen LogP contribution in [0.1, 0.15) is 36.0 Å². The Kier molecular flexibility index (Phi) is 3.75. The van der Waals surface area contributed by atoms with Gasteiger partial charge < -0.3 is 5.32 Å². The van der Waals surface area contributed by atoms with Gasteiger partial charge in [-0.05, 0) is 61.6 Å². The van der Waals surface area contributed by atoms with Crippen LogP contribution in [0, 0.1) is 17.8 Å². The second-order valence-corrected chi connectivity index (χ2v) is 7.68. The van der Waals surface area contributed by atoms with Crippen LogP contribution in [0.5, 0.6) is 0 Å². The molecule has 2 saturated carbocycles. The van der Waals surface area contributed by atoms with Crippen LogP contribution >= 0.6 is 0 Å². The molecule has 6 heteroatoms. The monoisotopic (exact) mass is 308 g/mol. The molecule has 0 unspecified atom stereocenters. The lowest BCUT2D eigenvalue weighted by atomic mass is 9.98. The van der Waals surface area contributed by atoms with Crippen molar-refractivity contribution < 1.29 is 13.2 Å². The van der Waals surface area contributed by atoms with Gasteiger partial charge in [0.05, 0.1) is 4.90 Å². The summed E-state index contributed by atoms with van der Waals surface area (Å²) in [6.45, 7) is 0.688. The fourth-order valence-corrected chi connectivity index (χ4v) is 3.45. The van der Waals surface area contributed by atoms with E-state index in [2.05, 4.69) is 5.32 Å². The molecule has 2 aliphatic carbocycles. The molecule has 3 N–H and O–H groups in total. The van der Waals surface area contributed by atoms with E-state index in [-0.39, 0.29) is 10.8 Å². The van der Waals surface area contributed by atoms with Crippen molar-refractivity contribution in [3.63, 3.8) is 0 Å². The Morgan fingerprint density at radius 3 is 2.38 bits per heavy atom. The topological polar surface area (TPSA) is 89.3 Å². The first kappa shape index (κ1) is 14.5. The molecule has 0 aliphatic heterocycles. The summed E-state index contributed by atoms with van der Waals surface area (Å²) in [5.74, 6) is 1.91. The van der Waals surface area contributed by atoms with Crippen LogP contribution in [-0.2, 0) is 10.0 Å². The summed E-state index contributed by atoms with van der Waals surface area (Å²) in [5.41, 5.74) is 0.340. The molecule has 0 aromatic heterocycles. The summed E-state index contributed by atoms with van der Waals surface area (Å²) in [6, 6.07) is 5.86. The van der Waals surface area contributed by atoms with E-state index in [1.54, 1.807) is 6.07 Å². The number of primary sulfonamides is 1. The van der Waals surface area contributed by atoms with Crippen LogP contribution in [0.4, 0.5) is 0 Å². The van der Waals surface area contributed by atoms with Crippen molar-refractivity contribution in [3.8, 4) is 0 Å². The zero-order valence-corrected chi connectivity index (χ0v) is 12.6. The van der Waals surface area contributed by atoms with Gasteiger partial charge in [0.15, 0.2) is 0 Å². The van der Waals surface area contributed by atoms with Gasteiger partial charge in [-0.15, -0.1) is 0 Å². The molecule has 21 heavy (non-hydrogen) atoms. The van der Waals surface area contributed by atoms with Crippen LogP contribution in [-0.4, -0.2) is 20.9 Å². The highest BCUT2D eigenvalue weighted by atomic mass is 32.2. The lowest BCUT2D eigenvalue weighted by Crippen LogP contribution is -2.31. The van der Waals surface area contributed by atoms with Gasteiger partial charge in [-0.2, -0.15) is 0 Å². The second-order valence-electron chi connectivity index (χ2n) is 6.12. The summed E-state index contributed by atoms with van der Waals surface area (Å²) in [6.07, 6.45) is 5.10. The van der Waals surface area contributed by atoms with Crippen molar-refractivity contribution in [2.45, 2.75) is 30.6 Å². The molecule has 0 spiro atoms. The number of hydrogen-bond donors (Lipinski definition) is 2. The van der Waals surface area contributed by atoms with Crippen molar-refractivity contribution in [2.75, 3.05) is 6.54 Å². The van der Waals surface area contributed by atoms with E-state index in [0.717, 1.165) is 11.8 Å². The van der Waals surface area contributed by atoms with Gasteiger partial charge in [0.2, 0.25) is 10.0 Å². The van der Waals surface area contributed by atoms with E-state index in [9.17, 15) is 13.2 Å². The third-order valence-electron chi connectivity index (χ3n) is 4.38. The van der Waals surface area contributed by atoms with Gasteiger partial charge in [-0.25, -0.2) is 13.6 Å². The quantitative estimate of drug-likeness (QED) is 0.834. The molecular weight excluding hydrogens is 288 g/mol. The van der Waals surface area contributed by atoms with E-state index in [1.165, 1.54) is 43.9 Å². The predicted octanol–water partition coefficient (Wildman–Crippen LogP) is 1.50. The molecule has 1 aromatic carbocycles. The summed E-state index contributed by atoms with van der Waals surface area (Å²) in [4.78, 5) is 12.1. The molecule has 0 saturated heterocycles. The number of nitrogens with two attached hydrogens (primary N) is 1. The fraction of sp³-hybridized carbons (Fsp3) is 0.533. The number of carbonyl (C=O) groups is 1. The highest BCUT2D eigenvalue weighted by Crippen LogP contribution is 2.48. The molecule has 1 aromatic rings. The van der Waals surface area contributed by atoms with E-state index in [4.69, 9.17) is 5.14 Å². The highest BCUT2D eigenvalue weighted by molar-refractivity contribution is 7.89. The van der Waals surface area contributed by atoms with Crippen molar-refractivity contribution in [2.24, 2.45) is 22.9 Å². The van der Waals surface area contributed by atoms with Crippen molar-refractivity contribution in [1.82, 2.24) is 5.32 Å². The van der Waals surface area contributed by atoms with Crippen LogP contribution in [0.25, 0.3) is 0 Å². The summed E-state index contributed by atoms with van der Waals surface area (Å²) < 4.78 is 22.6. The van der Waals surface area contributed by atoms with Gasteiger partial charge >= 0.3 is 0 Å². The second kappa shape index (κ2) is 5.42. The number of benzene rings is 1. The molecule has 5 nitrogen and oxygen atoms in total. The van der Waals surface area contributed by atoms with Crippen molar-refractivity contribution in [3.05, 3.63) is 29.8 Å². The molecule has 114 valence electrons. The zero-order valence-electron chi connectivity index (χ0n) is 11.8. The van der Waals surface area contributed by atoms with Gasteiger partial charge in [0.1, 0.15) is 0 Å². The minimum atomic E-state index is -3.78. The number of nitrogens with one attached hydrogen (secondary N) is 1. The fourth-order valence-electron chi connectivity index (χ4n) is 2.89. The zero-order chi connectivity index (χ0) is 15.0. The first-order valence-electron chi connectivity index (χ1n) is 7.36. The lowest BCUT2D eigenvalue weighted by molar-refractivity contribution is 0.0943. The van der Waals surface area contributed by atoms with Crippen molar-refractivity contribution >= 4 is 15.9 Å². The van der Waals surface area contributed by atoms with E-state index in [1.807, 2.05) is 0 Å². The van der Waals surface area contributed by atoms with Crippen LogP contribution < -0.4 is 10.5 Å². The van der Waals surface area contributed by atoms with Gasteiger partial charge in [0, 0.05) is 12.1 Å². The average molecular weight is 308 g/mol.